The van der Waals surface area contributed by atoms with Gasteiger partial charge >= 0.3 is 5.91 Å². The number of hydrogen-bond donors (Lipinski definition) is 1. The Labute approximate surface area is 154 Å². The third-order valence-corrected chi connectivity index (χ3v) is 3.75. The monoisotopic (exact) mass is 372 g/mol. The van der Waals surface area contributed by atoms with Crippen molar-refractivity contribution < 1.29 is 27.8 Å². The molecule has 0 aliphatic rings. The predicted molar refractivity (Wildman–Crippen MR) is 95.9 cm³/mol. The maximum atomic E-state index is 12.9. The second-order valence-electron chi connectivity index (χ2n) is 5.40. The lowest BCUT2D eigenvalue weighted by Crippen LogP contribution is -2.12. The minimum atomic E-state index is -0.555. The first-order valence-corrected chi connectivity index (χ1v) is 7.89. The highest BCUT2D eigenvalue weighted by Crippen LogP contribution is 2.41. The van der Waals surface area contributed by atoms with Crippen molar-refractivity contribution in [3.05, 3.63) is 54.3 Å². The summed E-state index contributed by atoms with van der Waals surface area (Å²) in [6.07, 6.45) is 1.42. The van der Waals surface area contributed by atoms with E-state index in [4.69, 9.17) is 18.6 Å². The van der Waals surface area contributed by atoms with E-state index in [2.05, 4.69) is 10.3 Å². The number of hydrogen-bond acceptors (Lipinski definition) is 6. The molecule has 2 aromatic carbocycles. The smallest absolute Gasteiger partial charge is 0.311 e. The highest BCUT2D eigenvalue weighted by molar-refractivity contribution is 6.01. The van der Waals surface area contributed by atoms with E-state index in [1.165, 1.54) is 51.8 Å². The van der Waals surface area contributed by atoms with Gasteiger partial charge in [-0.05, 0) is 36.4 Å². The molecule has 0 saturated carbocycles. The minimum Gasteiger partial charge on any atom is -0.493 e. The van der Waals surface area contributed by atoms with Gasteiger partial charge in [0, 0.05) is 11.3 Å². The highest BCUT2D eigenvalue weighted by atomic mass is 19.1. The lowest BCUT2D eigenvalue weighted by atomic mass is 10.1. The summed E-state index contributed by atoms with van der Waals surface area (Å²) in [6.45, 7) is 0. The van der Waals surface area contributed by atoms with Crippen molar-refractivity contribution in [2.75, 3.05) is 26.6 Å². The van der Waals surface area contributed by atoms with Crippen LogP contribution >= 0.6 is 0 Å². The maximum absolute atomic E-state index is 12.9. The Bertz CT molecular complexity index is 928. The van der Waals surface area contributed by atoms with E-state index in [0.717, 1.165) is 0 Å². The van der Waals surface area contributed by atoms with E-state index in [0.29, 0.717) is 34.3 Å². The molecule has 1 aromatic heterocycles. The number of halogens is 1. The third-order valence-electron chi connectivity index (χ3n) is 3.75. The number of oxazole rings is 1. The van der Waals surface area contributed by atoms with E-state index in [1.807, 2.05) is 0 Å². The summed E-state index contributed by atoms with van der Waals surface area (Å²) >= 11 is 0. The molecule has 0 aliphatic heterocycles. The summed E-state index contributed by atoms with van der Waals surface area (Å²) in [7, 11) is 4.51. The van der Waals surface area contributed by atoms with E-state index < -0.39 is 11.7 Å². The van der Waals surface area contributed by atoms with Crippen LogP contribution in [0.2, 0.25) is 0 Å². The summed E-state index contributed by atoms with van der Waals surface area (Å²) in [5.41, 5.74) is 1.02. The normalized spacial score (nSPS) is 10.4. The molecule has 3 aromatic rings. The highest BCUT2D eigenvalue weighted by Gasteiger charge is 2.18. The van der Waals surface area contributed by atoms with Crippen molar-refractivity contribution in [3.8, 4) is 28.6 Å². The second kappa shape index (κ2) is 7.77. The molecule has 0 saturated heterocycles. The first kappa shape index (κ1) is 18.2. The van der Waals surface area contributed by atoms with Crippen LogP contribution in [0.5, 0.6) is 17.2 Å². The first-order valence-electron chi connectivity index (χ1n) is 7.89. The van der Waals surface area contributed by atoms with Gasteiger partial charge in [0.1, 0.15) is 5.82 Å². The van der Waals surface area contributed by atoms with Gasteiger partial charge < -0.3 is 23.9 Å². The summed E-state index contributed by atoms with van der Waals surface area (Å²) in [5, 5.41) is 2.58. The van der Waals surface area contributed by atoms with Gasteiger partial charge in [-0.15, -0.1) is 0 Å². The number of anilines is 1. The van der Waals surface area contributed by atoms with Crippen LogP contribution in [0.15, 0.2) is 47.0 Å². The molecule has 0 bridgehead atoms. The van der Waals surface area contributed by atoms with Crippen molar-refractivity contribution in [1.82, 2.24) is 4.98 Å². The number of carbonyl (C=O) groups excluding carboxylic acids is 1. The van der Waals surface area contributed by atoms with Gasteiger partial charge in [-0.25, -0.2) is 9.37 Å². The Morgan fingerprint density at radius 2 is 1.67 bits per heavy atom. The fourth-order valence-corrected chi connectivity index (χ4v) is 2.45. The fraction of sp³-hybridized carbons (Fsp3) is 0.158. The average Bonchev–Trinajstić information content (AvgIpc) is 3.19. The van der Waals surface area contributed by atoms with E-state index >= 15 is 0 Å². The molecule has 1 N–H and O–H groups in total. The Kier molecular flexibility index (Phi) is 5.25. The molecule has 0 fully saturated rings. The summed E-state index contributed by atoms with van der Waals surface area (Å²) in [5.74, 6) is 0.592. The van der Waals surface area contributed by atoms with Crippen LogP contribution in [0.4, 0.5) is 10.1 Å². The largest absolute Gasteiger partial charge is 0.493 e. The molecular formula is C19H17FN2O5. The van der Waals surface area contributed by atoms with Crippen molar-refractivity contribution in [2.45, 2.75) is 0 Å². The number of carbonyl (C=O) groups is 1. The standard InChI is InChI=1S/C19H17FN2O5/c1-24-14-8-11(9-15(25-2)17(14)26-3)16-10-21-19(27-16)18(23)22-13-6-4-12(20)5-7-13/h4-10H,1-3H3,(H,22,23). The van der Waals surface area contributed by atoms with E-state index in [9.17, 15) is 9.18 Å². The van der Waals surface area contributed by atoms with Gasteiger partial charge in [0.25, 0.3) is 5.89 Å². The molecule has 1 amide bonds. The van der Waals surface area contributed by atoms with E-state index in [-0.39, 0.29) is 5.89 Å². The second-order valence-corrected chi connectivity index (χ2v) is 5.40. The third kappa shape index (κ3) is 3.84. The quantitative estimate of drug-likeness (QED) is 0.709. The van der Waals surface area contributed by atoms with Gasteiger partial charge in [-0.1, -0.05) is 0 Å². The molecule has 7 nitrogen and oxygen atoms in total. The lowest BCUT2D eigenvalue weighted by Gasteiger charge is -2.13. The van der Waals surface area contributed by atoms with Crippen molar-refractivity contribution in [2.24, 2.45) is 0 Å². The molecule has 140 valence electrons. The minimum absolute atomic E-state index is 0.136. The van der Waals surface area contributed by atoms with Gasteiger partial charge in [0.05, 0.1) is 27.5 Å². The Hall–Kier alpha value is -3.55. The summed E-state index contributed by atoms with van der Waals surface area (Å²) < 4.78 is 34.4. The Morgan fingerprint density at radius 1 is 1.04 bits per heavy atom. The average molecular weight is 372 g/mol. The van der Waals surface area contributed by atoms with Gasteiger partial charge in [-0.2, -0.15) is 0 Å². The number of amides is 1. The zero-order chi connectivity index (χ0) is 19.4. The van der Waals surface area contributed by atoms with Crippen LogP contribution in [0, 0.1) is 5.82 Å². The van der Waals surface area contributed by atoms with Crippen molar-refractivity contribution in [3.63, 3.8) is 0 Å². The molecule has 0 radical (unpaired) electrons. The Morgan fingerprint density at radius 3 is 2.22 bits per heavy atom. The van der Waals surface area contributed by atoms with E-state index in [1.54, 1.807) is 12.1 Å². The van der Waals surface area contributed by atoms with Crippen molar-refractivity contribution >= 4 is 11.6 Å². The number of aromatic nitrogens is 1. The number of nitrogens with zero attached hydrogens (tertiary/aromatic N) is 1. The van der Waals surface area contributed by atoms with Crippen LogP contribution in [0.1, 0.15) is 10.7 Å². The number of benzene rings is 2. The summed E-state index contributed by atoms with van der Waals surface area (Å²) in [4.78, 5) is 16.3. The Balaban J connectivity index is 1.86. The molecule has 0 aliphatic carbocycles. The molecule has 0 spiro atoms. The van der Waals surface area contributed by atoms with Crippen molar-refractivity contribution in [1.29, 1.82) is 0 Å². The topological polar surface area (TPSA) is 82.8 Å². The SMILES string of the molecule is COc1cc(-c2cnc(C(=O)Nc3ccc(F)cc3)o2)cc(OC)c1OC. The van der Waals surface area contributed by atoms with Crippen LogP contribution < -0.4 is 19.5 Å². The van der Waals surface area contributed by atoms with Crippen LogP contribution in [0.25, 0.3) is 11.3 Å². The number of ether oxygens (including phenoxy) is 3. The molecule has 1 heterocycles. The van der Waals surface area contributed by atoms with Crippen LogP contribution in [-0.2, 0) is 0 Å². The van der Waals surface area contributed by atoms with Gasteiger partial charge in [0.2, 0.25) is 5.75 Å². The molecule has 0 atom stereocenters. The molecule has 27 heavy (non-hydrogen) atoms. The van der Waals surface area contributed by atoms with Gasteiger partial charge in [0.15, 0.2) is 17.3 Å². The first-order chi connectivity index (χ1) is 13.0. The molecule has 3 rings (SSSR count). The van der Waals surface area contributed by atoms with Crippen LogP contribution in [-0.4, -0.2) is 32.2 Å². The molecule has 0 unspecified atom stereocenters. The lowest BCUT2D eigenvalue weighted by molar-refractivity contribution is 0.0991. The zero-order valence-corrected chi connectivity index (χ0v) is 14.9. The fourth-order valence-electron chi connectivity index (χ4n) is 2.45. The molecular weight excluding hydrogens is 355 g/mol. The van der Waals surface area contributed by atoms with Crippen LogP contribution in [0.3, 0.4) is 0 Å². The predicted octanol–water partition coefficient (Wildman–Crippen LogP) is 3.76. The summed E-state index contributed by atoms with van der Waals surface area (Å²) in [6, 6.07) is 8.73. The number of rotatable bonds is 6. The number of methoxy groups -OCH3 is 3. The van der Waals surface area contributed by atoms with Gasteiger partial charge in [-0.3, -0.25) is 4.79 Å². The molecule has 8 heteroatoms. The maximum Gasteiger partial charge on any atom is 0.311 e. The number of nitrogens with one attached hydrogen (secondary N) is 1. The zero-order valence-electron chi connectivity index (χ0n) is 14.9.